The molecule has 0 radical (unpaired) electrons. The molecule has 1 atom stereocenters. The highest BCUT2D eigenvalue weighted by atomic mass is 35.5. The predicted octanol–water partition coefficient (Wildman–Crippen LogP) is 1.59. The molecular formula is C3H2Cl2O2. The van der Waals surface area contributed by atoms with Gasteiger partial charge in [0.15, 0.2) is 0 Å². The van der Waals surface area contributed by atoms with Gasteiger partial charge in [0.05, 0.1) is 0 Å². The van der Waals surface area contributed by atoms with Crippen molar-refractivity contribution >= 4 is 23.2 Å². The molecule has 1 unspecified atom stereocenters. The third kappa shape index (κ3) is 0.996. The van der Waals surface area contributed by atoms with E-state index >= 15 is 0 Å². The van der Waals surface area contributed by atoms with E-state index in [0.717, 1.165) is 0 Å². The van der Waals surface area contributed by atoms with Gasteiger partial charge in [-0.15, -0.1) is 0 Å². The summed E-state index contributed by atoms with van der Waals surface area (Å²) in [6, 6.07) is 0. The standard InChI is InChI=1S/C3H2Cl2O2/c4-2-1-6-7-3(2)5/h1,3H. The first-order chi connectivity index (χ1) is 3.30. The summed E-state index contributed by atoms with van der Waals surface area (Å²) in [5.41, 5.74) is -0.610. The van der Waals surface area contributed by atoms with Crippen molar-refractivity contribution in [1.82, 2.24) is 0 Å². The Bertz CT molecular complexity index is 101. The summed E-state index contributed by atoms with van der Waals surface area (Å²) in [5, 5.41) is 0.377. The lowest BCUT2D eigenvalue weighted by molar-refractivity contribution is -0.233. The number of hydrogen-bond donors (Lipinski definition) is 0. The summed E-state index contributed by atoms with van der Waals surface area (Å²) >= 11 is 10.7. The van der Waals surface area contributed by atoms with Gasteiger partial charge in [0.1, 0.15) is 11.3 Å². The van der Waals surface area contributed by atoms with Gasteiger partial charge in [-0.05, 0) is 0 Å². The van der Waals surface area contributed by atoms with Crippen LogP contribution in [0.5, 0.6) is 0 Å². The molecule has 0 amide bonds. The van der Waals surface area contributed by atoms with Crippen molar-refractivity contribution in [3.05, 3.63) is 11.3 Å². The molecule has 1 heterocycles. The van der Waals surface area contributed by atoms with Crippen molar-refractivity contribution in [1.29, 1.82) is 0 Å². The van der Waals surface area contributed by atoms with Crippen LogP contribution in [0.1, 0.15) is 0 Å². The number of alkyl halides is 1. The second-order valence-corrected chi connectivity index (χ2v) is 1.84. The monoisotopic (exact) mass is 140 g/mol. The average molecular weight is 141 g/mol. The Morgan fingerprint density at radius 1 is 1.71 bits per heavy atom. The Labute approximate surface area is 50.5 Å². The summed E-state index contributed by atoms with van der Waals surface area (Å²) in [4.78, 5) is 8.55. The quantitative estimate of drug-likeness (QED) is 0.376. The maximum atomic E-state index is 5.34. The molecule has 0 bridgehead atoms. The van der Waals surface area contributed by atoms with Crippen LogP contribution in [0, 0.1) is 0 Å². The van der Waals surface area contributed by atoms with Crippen molar-refractivity contribution in [2.45, 2.75) is 5.56 Å². The van der Waals surface area contributed by atoms with E-state index in [-0.39, 0.29) is 0 Å². The Hall–Kier alpha value is 0.0800. The first-order valence-electron chi connectivity index (χ1n) is 1.62. The van der Waals surface area contributed by atoms with Crippen LogP contribution >= 0.6 is 23.2 Å². The molecule has 0 spiro atoms. The molecule has 0 aliphatic carbocycles. The van der Waals surface area contributed by atoms with Crippen LogP contribution in [-0.2, 0) is 9.78 Å². The highest BCUT2D eigenvalue weighted by Crippen LogP contribution is 2.21. The summed E-state index contributed by atoms with van der Waals surface area (Å²) < 4.78 is 0. The normalized spacial score (nSPS) is 29.4. The molecule has 0 saturated carbocycles. The van der Waals surface area contributed by atoms with Gasteiger partial charge in [-0.1, -0.05) is 23.2 Å². The fourth-order valence-corrected chi connectivity index (χ4v) is 0.388. The van der Waals surface area contributed by atoms with E-state index < -0.39 is 5.56 Å². The minimum Gasteiger partial charge on any atom is -0.342 e. The summed E-state index contributed by atoms with van der Waals surface area (Å²) in [7, 11) is 0. The fraction of sp³-hybridized carbons (Fsp3) is 0.333. The van der Waals surface area contributed by atoms with Gasteiger partial charge in [-0.2, -0.15) is 4.89 Å². The van der Waals surface area contributed by atoms with Crippen LogP contribution in [0.2, 0.25) is 0 Å². The lowest BCUT2D eigenvalue weighted by atomic mass is 10.7. The topological polar surface area (TPSA) is 18.5 Å². The molecule has 1 aliphatic rings. The van der Waals surface area contributed by atoms with Gasteiger partial charge in [0.25, 0.3) is 0 Å². The largest absolute Gasteiger partial charge is 0.342 e. The second-order valence-electron chi connectivity index (χ2n) is 1.01. The zero-order valence-corrected chi connectivity index (χ0v) is 4.74. The number of rotatable bonds is 0. The molecule has 0 aromatic carbocycles. The smallest absolute Gasteiger partial charge is 0.216 e. The van der Waals surface area contributed by atoms with Gasteiger partial charge in [-0.25, -0.2) is 0 Å². The van der Waals surface area contributed by atoms with Crippen LogP contribution < -0.4 is 0 Å². The van der Waals surface area contributed by atoms with E-state index in [1.54, 1.807) is 0 Å². The summed E-state index contributed by atoms with van der Waals surface area (Å²) in [6.45, 7) is 0. The van der Waals surface area contributed by atoms with Crippen LogP contribution in [-0.4, -0.2) is 5.56 Å². The minimum atomic E-state index is -0.610. The first kappa shape index (κ1) is 5.22. The maximum Gasteiger partial charge on any atom is 0.216 e. The maximum absolute atomic E-state index is 5.34. The zero-order valence-electron chi connectivity index (χ0n) is 3.23. The lowest BCUT2D eigenvalue weighted by Crippen LogP contribution is -1.93. The van der Waals surface area contributed by atoms with Crippen LogP contribution in [0.25, 0.3) is 0 Å². The predicted molar refractivity (Wildman–Crippen MR) is 25.7 cm³/mol. The molecule has 1 aliphatic heterocycles. The van der Waals surface area contributed by atoms with Crippen LogP contribution in [0.4, 0.5) is 0 Å². The molecule has 40 valence electrons. The van der Waals surface area contributed by atoms with Gasteiger partial charge >= 0.3 is 0 Å². The summed E-state index contributed by atoms with van der Waals surface area (Å²) in [5.74, 6) is 0. The molecule has 4 heteroatoms. The van der Waals surface area contributed by atoms with Crippen molar-refractivity contribution in [2.24, 2.45) is 0 Å². The van der Waals surface area contributed by atoms with E-state index in [1.807, 2.05) is 0 Å². The SMILES string of the molecule is ClC1=COOC1Cl. The first-order valence-corrected chi connectivity index (χ1v) is 2.44. The zero-order chi connectivity index (χ0) is 5.28. The second kappa shape index (κ2) is 1.90. The lowest BCUT2D eigenvalue weighted by Gasteiger charge is -1.91. The van der Waals surface area contributed by atoms with Gasteiger partial charge in [-0.3, -0.25) is 0 Å². The molecule has 0 saturated heterocycles. The van der Waals surface area contributed by atoms with Gasteiger partial charge in [0, 0.05) is 0 Å². The van der Waals surface area contributed by atoms with Crippen molar-refractivity contribution in [2.75, 3.05) is 0 Å². The average Bonchev–Trinajstić information content (AvgIpc) is 1.91. The fourth-order valence-electron chi connectivity index (χ4n) is 0.222. The van der Waals surface area contributed by atoms with Crippen molar-refractivity contribution in [3.8, 4) is 0 Å². The Morgan fingerprint density at radius 3 is 2.57 bits per heavy atom. The number of halogens is 2. The molecule has 2 nitrogen and oxygen atoms in total. The Kier molecular flexibility index (Phi) is 1.42. The minimum absolute atomic E-state index is 0.377. The van der Waals surface area contributed by atoms with Crippen LogP contribution in [0.15, 0.2) is 11.3 Å². The van der Waals surface area contributed by atoms with Crippen LogP contribution in [0.3, 0.4) is 0 Å². The molecule has 7 heavy (non-hydrogen) atoms. The molecule has 0 fully saturated rings. The highest BCUT2D eigenvalue weighted by molar-refractivity contribution is 6.36. The van der Waals surface area contributed by atoms with Gasteiger partial charge in [0.2, 0.25) is 5.56 Å². The van der Waals surface area contributed by atoms with E-state index in [0.29, 0.717) is 5.03 Å². The molecule has 0 aromatic heterocycles. The van der Waals surface area contributed by atoms with Crippen molar-refractivity contribution in [3.63, 3.8) is 0 Å². The highest BCUT2D eigenvalue weighted by Gasteiger charge is 2.16. The van der Waals surface area contributed by atoms with E-state index in [2.05, 4.69) is 9.78 Å². The van der Waals surface area contributed by atoms with E-state index in [4.69, 9.17) is 23.2 Å². The molecule has 1 rings (SSSR count). The summed E-state index contributed by atoms with van der Waals surface area (Å²) in [6.07, 6.45) is 1.25. The third-order valence-corrected chi connectivity index (χ3v) is 1.22. The third-order valence-electron chi connectivity index (χ3n) is 0.518. The molecule has 0 N–H and O–H groups in total. The number of hydrogen-bond acceptors (Lipinski definition) is 2. The van der Waals surface area contributed by atoms with Crippen molar-refractivity contribution < 1.29 is 9.78 Å². The Balaban J connectivity index is 2.54. The van der Waals surface area contributed by atoms with Gasteiger partial charge < -0.3 is 4.89 Å². The van der Waals surface area contributed by atoms with E-state index in [9.17, 15) is 0 Å². The van der Waals surface area contributed by atoms with E-state index in [1.165, 1.54) is 6.26 Å². The molecular weight excluding hydrogens is 139 g/mol. The Morgan fingerprint density at radius 2 is 2.43 bits per heavy atom. The molecule has 0 aromatic rings.